The van der Waals surface area contributed by atoms with Crippen LogP contribution in [0.25, 0.3) is 5.52 Å². The molecule has 0 atom stereocenters. The number of rotatable bonds is 3. The number of fused-ring (bicyclic) bond motifs is 1. The van der Waals surface area contributed by atoms with Crippen LogP contribution in [0.3, 0.4) is 0 Å². The highest BCUT2D eigenvalue weighted by atomic mass is 19.1. The van der Waals surface area contributed by atoms with Gasteiger partial charge in [-0.1, -0.05) is 6.92 Å². The largest absolute Gasteiger partial charge is 0.462 e. The van der Waals surface area contributed by atoms with Crippen LogP contribution in [0.15, 0.2) is 12.3 Å². The number of halogens is 1. The molecule has 2 rings (SSSR count). The van der Waals surface area contributed by atoms with Crippen LogP contribution >= 0.6 is 0 Å². The molecule has 4 nitrogen and oxygen atoms in total. The van der Waals surface area contributed by atoms with E-state index in [9.17, 15) is 9.18 Å². The van der Waals surface area contributed by atoms with Gasteiger partial charge in [0.15, 0.2) is 0 Å². The summed E-state index contributed by atoms with van der Waals surface area (Å²) in [5.41, 5.74) is 2.13. The maximum atomic E-state index is 13.5. The molecule has 2 aromatic rings. The van der Waals surface area contributed by atoms with E-state index in [4.69, 9.17) is 4.74 Å². The lowest BCUT2D eigenvalue weighted by molar-refractivity contribution is 0.0527. The average Bonchev–Trinajstić information content (AvgIpc) is 2.68. The summed E-state index contributed by atoms with van der Waals surface area (Å²) in [5.74, 6) is -0.751. The van der Waals surface area contributed by atoms with Gasteiger partial charge in [0.05, 0.1) is 24.0 Å². The van der Waals surface area contributed by atoms with Gasteiger partial charge in [-0.2, -0.15) is 5.10 Å². The van der Waals surface area contributed by atoms with Gasteiger partial charge in [0.25, 0.3) is 0 Å². The molecule has 0 bridgehead atoms. The number of hydrogen-bond donors (Lipinski definition) is 0. The molecule has 0 radical (unpaired) electrons. The first-order chi connectivity index (χ1) is 8.58. The van der Waals surface area contributed by atoms with Gasteiger partial charge < -0.3 is 4.74 Å². The molecule has 0 N–H and O–H groups in total. The van der Waals surface area contributed by atoms with Crippen molar-refractivity contribution < 1.29 is 13.9 Å². The van der Waals surface area contributed by atoms with Gasteiger partial charge in [0, 0.05) is 0 Å². The molecule has 0 aliphatic rings. The molecule has 0 saturated heterocycles. The molecule has 0 aromatic carbocycles. The second-order valence-corrected chi connectivity index (χ2v) is 4.03. The van der Waals surface area contributed by atoms with Crippen molar-refractivity contribution in [3.05, 3.63) is 34.9 Å². The second-order valence-electron chi connectivity index (χ2n) is 4.03. The Morgan fingerprint density at radius 3 is 2.83 bits per heavy atom. The number of carbonyl (C=O) groups is 1. The Kier molecular flexibility index (Phi) is 3.32. The summed E-state index contributed by atoms with van der Waals surface area (Å²) in [4.78, 5) is 11.9. The highest BCUT2D eigenvalue weighted by Crippen LogP contribution is 2.20. The van der Waals surface area contributed by atoms with Gasteiger partial charge in [0.2, 0.25) is 0 Å². The Bertz CT molecular complexity index is 605. The zero-order valence-corrected chi connectivity index (χ0v) is 10.7. The topological polar surface area (TPSA) is 43.6 Å². The third kappa shape index (κ3) is 1.96. The highest BCUT2D eigenvalue weighted by Gasteiger charge is 2.20. The number of nitrogens with zero attached hydrogens (tertiary/aromatic N) is 2. The Morgan fingerprint density at radius 1 is 1.50 bits per heavy atom. The third-order valence-corrected chi connectivity index (χ3v) is 2.80. The molecule has 0 saturated carbocycles. The number of carbonyl (C=O) groups excluding carboxylic acids is 1. The number of ether oxygens (including phenoxy) is 1. The third-order valence-electron chi connectivity index (χ3n) is 2.80. The molecule has 0 fully saturated rings. The Hall–Kier alpha value is -1.91. The molecule has 0 unspecified atom stereocenters. The van der Waals surface area contributed by atoms with E-state index in [1.54, 1.807) is 19.9 Å². The van der Waals surface area contributed by atoms with Crippen LogP contribution in [-0.2, 0) is 11.2 Å². The van der Waals surface area contributed by atoms with Crippen molar-refractivity contribution in [1.82, 2.24) is 9.61 Å². The first kappa shape index (κ1) is 12.5. The van der Waals surface area contributed by atoms with Crippen LogP contribution in [0.1, 0.15) is 35.5 Å². The number of hydrogen-bond acceptors (Lipinski definition) is 3. The monoisotopic (exact) mass is 250 g/mol. The molecular weight excluding hydrogens is 235 g/mol. The van der Waals surface area contributed by atoms with Gasteiger partial charge in [-0.3, -0.25) is 0 Å². The minimum atomic E-state index is -0.407. The molecule has 0 spiro atoms. The summed E-state index contributed by atoms with van der Waals surface area (Å²) >= 11 is 0. The van der Waals surface area contributed by atoms with Crippen LogP contribution in [0.4, 0.5) is 4.39 Å². The van der Waals surface area contributed by atoms with Crippen LogP contribution in [0, 0.1) is 12.7 Å². The molecule has 96 valence electrons. The lowest BCUT2D eigenvalue weighted by Gasteiger charge is -2.02. The fourth-order valence-corrected chi connectivity index (χ4v) is 1.89. The minimum Gasteiger partial charge on any atom is -0.462 e. The summed E-state index contributed by atoms with van der Waals surface area (Å²) in [5, 5.41) is 4.21. The maximum Gasteiger partial charge on any atom is 0.342 e. The SMILES string of the molecule is CCOC(=O)c1c(CC)nn2cc(F)c(C)cc12. The van der Waals surface area contributed by atoms with Crippen molar-refractivity contribution in [2.75, 3.05) is 6.61 Å². The summed E-state index contributed by atoms with van der Waals surface area (Å²) in [6, 6.07) is 1.62. The number of pyridine rings is 1. The van der Waals surface area contributed by atoms with Gasteiger partial charge in [-0.15, -0.1) is 0 Å². The van der Waals surface area contributed by atoms with Crippen molar-refractivity contribution in [3.8, 4) is 0 Å². The Labute approximate surface area is 104 Å². The molecule has 2 heterocycles. The Balaban J connectivity index is 2.68. The quantitative estimate of drug-likeness (QED) is 0.786. The van der Waals surface area contributed by atoms with E-state index in [0.717, 1.165) is 0 Å². The van der Waals surface area contributed by atoms with Gasteiger partial charge >= 0.3 is 5.97 Å². The fourth-order valence-electron chi connectivity index (χ4n) is 1.89. The van der Waals surface area contributed by atoms with Crippen molar-refractivity contribution in [2.45, 2.75) is 27.2 Å². The lowest BCUT2D eigenvalue weighted by atomic mass is 10.1. The van der Waals surface area contributed by atoms with Crippen LogP contribution in [-0.4, -0.2) is 22.2 Å². The molecule has 0 aliphatic heterocycles. The van der Waals surface area contributed by atoms with Gasteiger partial charge in [0.1, 0.15) is 11.4 Å². The normalized spacial score (nSPS) is 10.9. The zero-order chi connectivity index (χ0) is 13.3. The van der Waals surface area contributed by atoms with E-state index < -0.39 is 5.97 Å². The van der Waals surface area contributed by atoms with Gasteiger partial charge in [-0.05, 0) is 31.9 Å². The molecule has 18 heavy (non-hydrogen) atoms. The van der Waals surface area contributed by atoms with Crippen LogP contribution in [0.5, 0.6) is 0 Å². The van der Waals surface area contributed by atoms with Crippen LogP contribution in [0.2, 0.25) is 0 Å². The van der Waals surface area contributed by atoms with Crippen molar-refractivity contribution >= 4 is 11.5 Å². The first-order valence-electron chi connectivity index (χ1n) is 5.93. The van der Waals surface area contributed by atoms with Crippen LogP contribution < -0.4 is 0 Å². The van der Waals surface area contributed by atoms with E-state index in [2.05, 4.69) is 5.10 Å². The standard InChI is InChI=1S/C13H15FN2O2/c1-4-10-12(13(17)18-5-2)11-6-8(3)9(14)7-16(11)15-10/h6-7H,4-5H2,1-3H3. The summed E-state index contributed by atoms with van der Waals surface area (Å²) in [6.45, 7) is 5.61. The molecule has 2 aromatic heterocycles. The number of aromatic nitrogens is 2. The molecule has 0 amide bonds. The van der Waals surface area contributed by atoms with E-state index >= 15 is 0 Å². The zero-order valence-electron chi connectivity index (χ0n) is 10.7. The molecule has 0 aliphatic carbocycles. The summed E-state index contributed by atoms with van der Waals surface area (Å²) in [7, 11) is 0. The molecule has 5 heteroatoms. The molecular formula is C13H15FN2O2. The van der Waals surface area contributed by atoms with E-state index in [1.807, 2.05) is 6.92 Å². The average molecular weight is 250 g/mol. The number of esters is 1. The second kappa shape index (κ2) is 4.76. The first-order valence-corrected chi connectivity index (χ1v) is 5.93. The minimum absolute atomic E-state index is 0.305. The fraction of sp³-hybridized carbons (Fsp3) is 0.385. The Morgan fingerprint density at radius 2 is 2.22 bits per heavy atom. The predicted molar refractivity (Wildman–Crippen MR) is 65.2 cm³/mol. The van der Waals surface area contributed by atoms with E-state index in [1.165, 1.54) is 10.7 Å². The predicted octanol–water partition coefficient (Wildman–Crippen LogP) is 2.52. The lowest BCUT2D eigenvalue weighted by Crippen LogP contribution is -2.07. The highest BCUT2D eigenvalue weighted by molar-refractivity contribution is 5.98. The van der Waals surface area contributed by atoms with Crippen molar-refractivity contribution in [1.29, 1.82) is 0 Å². The van der Waals surface area contributed by atoms with Crippen molar-refractivity contribution in [2.24, 2.45) is 0 Å². The summed E-state index contributed by atoms with van der Waals surface area (Å²) < 4.78 is 19.9. The van der Waals surface area contributed by atoms with E-state index in [-0.39, 0.29) is 5.82 Å². The smallest absolute Gasteiger partial charge is 0.342 e. The number of aryl methyl sites for hydroxylation is 2. The summed E-state index contributed by atoms with van der Waals surface area (Å²) in [6.07, 6.45) is 1.88. The van der Waals surface area contributed by atoms with Gasteiger partial charge in [-0.25, -0.2) is 13.7 Å². The van der Waals surface area contributed by atoms with E-state index in [0.29, 0.717) is 35.4 Å². The maximum absolute atomic E-state index is 13.5. The van der Waals surface area contributed by atoms with Crippen molar-refractivity contribution in [3.63, 3.8) is 0 Å².